The molecule has 0 atom stereocenters. The zero-order valence-corrected chi connectivity index (χ0v) is 50.1. The summed E-state index contributed by atoms with van der Waals surface area (Å²) >= 11 is 0. The number of nitrogens with one attached hydrogen (secondary N) is 3. The van der Waals surface area contributed by atoms with Crippen LogP contribution >= 0.6 is 0 Å². The fourth-order valence-electron chi connectivity index (χ4n) is 10.7. The number of nitrogens with zero attached hydrogens (tertiary/aromatic N) is 10. The van der Waals surface area contributed by atoms with E-state index in [1.165, 1.54) is 16.7 Å². The Morgan fingerprint density at radius 3 is 1.43 bits per heavy atom. The van der Waals surface area contributed by atoms with E-state index >= 15 is 0 Å². The Bertz CT molecular complexity index is 3490. The molecule has 23 nitrogen and oxygen atoms in total. The van der Waals surface area contributed by atoms with Crippen molar-refractivity contribution in [1.29, 1.82) is 0 Å². The molecule has 6 aromatic rings. The lowest BCUT2D eigenvalue weighted by Gasteiger charge is -2.41. The summed E-state index contributed by atoms with van der Waals surface area (Å²) in [5.41, 5.74) is 18.4. The third-order valence-corrected chi connectivity index (χ3v) is 14.9. The molecular formula is C64H76N14O9. The normalized spacial score (nSPS) is 16.4. The number of alkyl carbamates (subject to hydrolysis) is 2. The molecule has 0 saturated carbocycles. The van der Waals surface area contributed by atoms with Gasteiger partial charge in [0.05, 0.1) is 74.1 Å². The van der Waals surface area contributed by atoms with Crippen LogP contribution in [0.5, 0.6) is 0 Å². The van der Waals surface area contributed by atoms with E-state index in [4.69, 9.17) is 29.8 Å². The average Bonchev–Trinajstić information content (AvgIpc) is 2.12. The summed E-state index contributed by atoms with van der Waals surface area (Å²) < 4.78 is 21.5. The maximum atomic E-state index is 12.8. The second-order valence-corrected chi connectivity index (χ2v) is 24.0. The highest BCUT2D eigenvalue weighted by Crippen LogP contribution is 2.37. The number of benzene rings is 2. The van der Waals surface area contributed by atoms with Crippen molar-refractivity contribution in [2.45, 2.75) is 90.5 Å². The number of fused-ring (bicyclic) bond motifs is 2. The first-order chi connectivity index (χ1) is 41.7. The van der Waals surface area contributed by atoms with Gasteiger partial charge in [0.2, 0.25) is 5.91 Å². The van der Waals surface area contributed by atoms with Crippen molar-refractivity contribution < 1.29 is 43.2 Å². The largest absolute Gasteiger partial charge is 0.481 e. The van der Waals surface area contributed by atoms with Crippen molar-refractivity contribution in [2.75, 3.05) is 109 Å². The fourth-order valence-corrected chi connectivity index (χ4v) is 10.7. The Labute approximate surface area is 506 Å². The number of ether oxygens (including phenoxy) is 4. The van der Waals surface area contributed by atoms with Gasteiger partial charge in [-0.15, -0.1) is 0 Å². The highest BCUT2D eigenvalue weighted by molar-refractivity contribution is 5.94. The topological polar surface area (TPSA) is 278 Å². The average molecular weight is 1190 g/mol. The van der Waals surface area contributed by atoms with Crippen molar-refractivity contribution in [2.24, 2.45) is 0 Å². The van der Waals surface area contributed by atoms with Gasteiger partial charge in [-0.3, -0.25) is 19.6 Å². The second-order valence-electron chi connectivity index (χ2n) is 24.0. The van der Waals surface area contributed by atoms with Crippen LogP contribution in [0.3, 0.4) is 0 Å². The van der Waals surface area contributed by atoms with Crippen LogP contribution in [-0.4, -0.2) is 161 Å². The smallest absolute Gasteiger partial charge is 0.407 e. The molecule has 4 aromatic heterocycles. The summed E-state index contributed by atoms with van der Waals surface area (Å²) in [5.74, 6) is 0.955. The van der Waals surface area contributed by atoms with Crippen LogP contribution in [0.15, 0.2) is 97.8 Å². The summed E-state index contributed by atoms with van der Waals surface area (Å²) in [5, 5.41) is 17.5. The SMILES string of the molecule is CC(C)(C)OC(=O)NC1CN(c2ccnc(CC(=O)Nc3ccc(C4=Cc5c(ncnc5N5CCOCC5)C4)cc3)c2)C1.CC(C)(C)OC(=O)NC1CN(c2ccnc(CC(=O)O)c2)C1.Nc1ccc(C2=Cc3c(ncnc3N3CCOCC3)C2)cc1. The number of amides is 3. The Morgan fingerprint density at radius 1 is 0.575 bits per heavy atom. The Kier molecular flexibility index (Phi) is 18.9. The molecule has 4 saturated heterocycles. The predicted octanol–water partition coefficient (Wildman–Crippen LogP) is 7.11. The van der Waals surface area contributed by atoms with E-state index in [2.05, 4.69) is 89.7 Å². The van der Waals surface area contributed by atoms with Crippen LogP contribution in [0.1, 0.15) is 86.6 Å². The third-order valence-electron chi connectivity index (χ3n) is 14.9. The number of hydrogen-bond donors (Lipinski definition) is 5. The molecule has 2 aliphatic carbocycles. The van der Waals surface area contributed by atoms with Crippen LogP contribution in [-0.2, 0) is 54.2 Å². The summed E-state index contributed by atoms with van der Waals surface area (Å²) in [6.07, 6.45) is 11.9. The van der Waals surface area contributed by atoms with Gasteiger partial charge in [-0.25, -0.2) is 29.5 Å². The molecule has 456 valence electrons. The van der Waals surface area contributed by atoms with Crippen molar-refractivity contribution in [3.8, 4) is 0 Å². The van der Waals surface area contributed by atoms with E-state index in [0.717, 1.165) is 115 Å². The number of carboxylic acid groups (broad SMARTS) is 1. The molecular weight excluding hydrogens is 1110 g/mol. The number of nitrogens with two attached hydrogens (primary N) is 1. The predicted molar refractivity (Wildman–Crippen MR) is 333 cm³/mol. The van der Waals surface area contributed by atoms with Crippen molar-refractivity contribution in [3.63, 3.8) is 0 Å². The van der Waals surface area contributed by atoms with Gasteiger partial charge in [-0.1, -0.05) is 24.3 Å². The number of hydrogen-bond acceptors (Lipinski definition) is 19. The fraction of sp³-hybridized carbons (Fsp3) is 0.406. The van der Waals surface area contributed by atoms with E-state index in [1.54, 1.807) is 31.1 Å². The molecule has 87 heavy (non-hydrogen) atoms. The molecule has 3 amide bonds. The molecule has 4 aliphatic heterocycles. The van der Waals surface area contributed by atoms with Crippen molar-refractivity contribution >= 4 is 81.7 Å². The van der Waals surface area contributed by atoms with Gasteiger partial charge >= 0.3 is 18.2 Å². The number of morpholine rings is 2. The number of carbonyl (C=O) groups is 4. The minimum atomic E-state index is -0.905. The maximum Gasteiger partial charge on any atom is 0.407 e. The molecule has 8 heterocycles. The number of aromatic nitrogens is 6. The third kappa shape index (κ3) is 16.6. The molecule has 0 spiro atoms. The number of carbonyl (C=O) groups excluding carboxylic acids is 3. The zero-order valence-electron chi connectivity index (χ0n) is 50.1. The van der Waals surface area contributed by atoms with Crippen LogP contribution in [0.25, 0.3) is 23.3 Å². The molecule has 2 aromatic carbocycles. The van der Waals surface area contributed by atoms with Gasteiger partial charge in [0.1, 0.15) is 35.5 Å². The number of rotatable bonds is 13. The van der Waals surface area contributed by atoms with E-state index in [9.17, 15) is 19.2 Å². The van der Waals surface area contributed by atoms with Gasteiger partial charge in [-0.2, -0.15) is 0 Å². The lowest BCUT2D eigenvalue weighted by atomic mass is 10.0. The molecule has 0 unspecified atom stereocenters. The number of carboxylic acids is 1. The molecule has 0 bridgehead atoms. The summed E-state index contributed by atoms with van der Waals surface area (Å²) in [6.45, 7) is 20.0. The van der Waals surface area contributed by atoms with E-state index in [-0.39, 0.29) is 30.8 Å². The van der Waals surface area contributed by atoms with Gasteiger partial charge in [0.15, 0.2) is 0 Å². The summed E-state index contributed by atoms with van der Waals surface area (Å²) in [7, 11) is 0. The number of aliphatic carboxylic acids is 1. The first kappa shape index (κ1) is 60.9. The minimum Gasteiger partial charge on any atom is -0.481 e. The zero-order chi connectivity index (χ0) is 61.2. The van der Waals surface area contributed by atoms with E-state index < -0.39 is 29.4 Å². The Morgan fingerprint density at radius 2 is 1.00 bits per heavy atom. The van der Waals surface area contributed by atoms with E-state index in [1.807, 2.05) is 96.1 Å². The quantitative estimate of drug-likeness (QED) is 0.0720. The molecule has 23 heteroatoms. The highest BCUT2D eigenvalue weighted by atomic mass is 16.6. The van der Waals surface area contributed by atoms with Crippen LogP contribution in [0.4, 0.5) is 44.0 Å². The molecule has 4 fully saturated rings. The lowest BCUT2D eigenvalue weighted by Crippen LogP contribution is -2.60. The van der Waals surface area contributed by atoms with Crippen LogP contribution in [0.2, 0.25) is 0 Å². The highest BCUT2D eigenvalue weighted by Gasteiger charge is 2.32. The minimum absolute atomic E-state index is 0.0200. The monoisotopic (exact) mass is 1180 g/mol. The summed E-state index contributed by atoms with van der Waals surface area (Å²) in [4.78, 5) is 82.4. The number of pyridine rings is 2. The van der Waals surface area contributed by atoms with Crippen LogP contribution < -0.4 is 41.3 Å². The second kappa shape index (κ2) is 27.0. The Hall–Kier alpha value is -9.22. The molecule has 6 aliphatic rings. The van der Waals surface area contributed by atoms with Gasteiger partial charge in [0, 0.05) is 111 Å². The van der Waals surface area contributed by atoms with Crippen LogP contribution in [0, 0.1) is 0 Å². The van der Waals surface area contributed by atoms with E-state index in [0.29, 0.717) is 50.8 Å². The first-order valence-electron chi connectivity index (χ1n) is 29.3. The van der Waals surface area contributed by atoms with Crippen molar-refractivity contribution in [1.82, 2.24) is 40.5 Å². The first-order valence-corrected chi connectivity index (χ1v) is 29.3. The van der Waals surface area contributed by atoms with Crippen molar-refractivity contribution in [3.05, 3.63) is 143 Å². The Balaban J connectivity index is 0.000000160. The van der Waals surface area contributed by atoms with Gasteiger partial charge in [-0.05, 0) is 124 Å². The molecule has 6 N–H and O–H groups in total. The molecule has 12 rings (SSSR count). The standard InChI is InChI=1S/C32H37N7O4.C17H18N4O.C15H21N3O4/c1-32(2,3)43-31(41)37-25-18-39(19-25)26-8-9-33-24(16-26)17-29(40)36-23-6-4-21(5-7-23)22-14-27-28(15-22)34-20-35-30(27)38-10-12-42-13-11-38;18-14-3-1-12(2-4-14)13-9-15-16(10-13)19-11-20-17(15)21-5-7-22-8-6-21;1-15(2,3)22-14(21)17-11-8-18(9-11)12-4-5-16-10(6-12)7-13(19)20/h4-9,14,16,20,25H,10-13,15,17-19H2,1-3H3,(H,36,40)(H,37,41);1-4,9,11H,5-8,10,18H2;4-6,11H,7-9H2,1-3H3,(H,17,21)(H,19,20). The molecule has 0 radical (unpaired) electrons. The number of nitrogen functional groups attached to an aromatic ring is 1. The lowest BCUT2D eigenvalue weighted by molar-refractivity contribution is -0.136. The summed E-state index contributed by atoms with van der Waals surface area (Å²) in [6, 6.07) is 23.4. The van der Waals surface area contributed by atoms with Gasteiger partial charge in [0.25, 0.3) is 0 Å². The van der Waals surface area contributed by atoms with Gasteiger partial charge < -0.3 is 65.3 Å². The number of anilines is 6. The number of allylic oxidation sites excluding steroid dienone is 2. The maximum absolute atomic E-state index is 12.8.